The Labute approximate surface area is 105 Å². The molecule has 0 unspecified atom stereocenters. The summed E-state index contributed by atoms with van der Waals surface area (Å²) in [7, 11) is 0. The quantitative estimate of drug-likeness (QED) is 0.838. The fourth-order valence-corrected chi connectivity index (χ4v) is 2.22. The molecule has 1 aromatic heterocycles. The van der Waals surface area contributed by atoms with Gasteiger partial charge in [-0.1, -0.05) is 17.3 Å². The van der Waals surface area contributed by atoms with Crippen molar-refractivity contribution in [2.75, 3.05) is 31.1 Å². The number of aromatic hydroxyl groups is 1. The first-order valence-electron chi connectivity index (χ1n) is 6.05. The summed E-state index contributed by atoms with van der Waals surface area (Å²) in [6, 6.07) is 7.15. The summed E-state index contributed by atoms with van der Waals surface area (Å²) in [5.74, 6) is 0.848. The van der Waals surface area contributed by atoms with Gasteiger partial charge in [-0.15, -0.1) is 0 Å². The van der Waals surface area contributed by atoms with Gasteiger partial charge in [-0.2, -0.15) is 0 Å². The number of para-hydroxylation sites is 1. The Morgan fingerprint density at radius 2 is 2.00 bits per heavy atom. The molecule has 0 spiro atoms. The standard InChI is InChI=1S/C13H15N3O2/c17-12-4-2-1-3-10(12)13-11(9-15-18-13)16-7-5-14-6-8-16/h1-4,9,14,17H,5-8H2. The van der Waals surface area contributed by atoms with Crippen LogP contribution in [0.5, 0.6) is 5.75 Å². The van der Waals surface area contributed by atoms with E-state index in [0.29, 0.717) is 11.3 Å². The largest absolute Gasteiger partial charge is 0.507 e. The summed E-state index contributed by atoms with van der Waals surface area (Å²) in [5.41, 5.74) is 1.63. The average molecular weight is 245 g/mol. The molecule has 18 heavy (non-hydrogen) atoms. The molecule has 1 aromatic carbocycles. The van der Waals surface area contributed by atoms with Gasteiger partial charge in [0, 0.05) is 26.2 Å². The van der Waals surface area contributed by atoms with Gasteiger partial charge in [0.15, 0.2) is 5.76 Å². The van der Waals surface area contributed by atoms with Gasteiger partial charge in [0.1, 0.15) is 11.4 Å². The lowest BCUT2D eigenvalue weighted by molar-refractivity contribution is 0.426. The maximum atomic E-state index is 9.89. The third kappa shape index (κ3) is 1.93. The van der Waals surface area contributed by atoms with Crippen LogP contribution in [0.1, 0.15) is 0 Å². The van der Waals surface area contributed by atoms with Crippen molar-refractivity contribution in [2.24, 2.45) is 0 Å². The van der Waals surface area contributed by atoms with Crippen LogP contribution >= 0.6 is 0 Å². The summed E-state index contributed by atoms with van der Waals surface area (Å²) in [6.07, 6.45) is 1.72. The fourth-order valence-electron chi connectivity index (χ4n) is 2.22. The second kappa shape index (κ2) is 4.70. The molecule has 0 amide bonds. The summed E-state index contributed by atoms with van der Waals surface area (Å²) < 4.78 is 5.31. The summed E-state index contributed by atoms with van der Waals surface area (Å²) in [5, 5.41) is 17.1. The summed E-state index contributed by atoms with van der Waals surface area (Å²) >= 11 is 0. The van der Waals surface area contributed by atoms with Crippen LogP contribution in [0.2, 0.25) is 0 Å². The molecule has 0 radical (unpaired) electrons. The van der Waals surface area contributed by atoms with Gasteiger partial charge in [0.25, 0.3) is 0 Å². The number of anilines is 1. The molecule has 5 nitrogen and oxygen atoms in total. The zero-order chi connectivity index (χ0) is 12.4. The molecule has 0 aliphatic carbocycles. The first-order valence-corrected chi connectivity index (χ1v) is 6.05. The molecule has 1 saturated heterocycles. The highest BCUT2D eigenvalue weighted by Crippen LogP contribution is 2.35. The molecule has 0 bridgehead atoms. The van der Waals surface area contributed by atoms with E-state index in [0.717, 1.165) is 31.9 Å². The number of nitrogens with zero attached hydrogens (tertiary/aromatic N) is 2. The van der Waals surface area contributed by atoms with Crippen LogP contribution in [0.15, 0.2) is 35.0 Å². The average Bonchev–Trinajstić information content (AvgIpc) is 2.89. The van der Waals surface area contributed by atoms with Gasteiger partial charge in [0.2, 0.25) is 0 Å². The van der Waals surface area contributed by atoms with Crippen molar-refractivity contribution in [3.8, 4) is 17.1 Å². The Kier molecular flexibility index (Phi) is 2.90. The Bertz CT molecular complexity index is 533. The SMILES string of the molecule is Oc1ccccc1-c1oncc1N1CCNCC1. The molecule has 5 heteroatoms. The molecule has 3 rings (SSSR count). The number of piperazine rings is 1. The van der Waals surface area contributed by atoms with E-state index in [-0.39, 0.29) is 5.75 Å². The first kappa shape index (κ1) is 11.1. The minimum atomic E-state index is 0.214. The van der Waals surface area contributed by atoms with E-state index in [2.05, 4.69) is 15.4 Å². The maximum Gasteiger partial charge on any atom is 0.193 e. The Morgan fingerprint density at radius 3 is 2.78 bits per heavy atom. The molecule has 1 fully saturated rings. The molecule has 1 aliphatic rings. The number of benzene rings is 1. The van der Waals surface area contributed by atoms with Gasteiger partial charge in [-0.25, -0.2) is 0 Å². The van der Waals surface area contributed by atoms with Crippen LogP contribution in [0, 0.1) is 0 Å². The third-order valence-corrected chi connectivity index (χ3v) is 3.16. The van der Waals surface area contributed by atoms with Crippen molar-refractivity contribution >= 4 is 5.69 Å². The van der Waals surface area contributed by atoms with E-state index in [1.54, 1.807) is 18.3 Å². The minimum Gasteiger partial charge on any atom is -0.507 e. The third-order valence-electron chi connectivity index (χ3n) is 3.16. The van der Waals surface area contributed by atoms with E-state index in [1.807, 2.05) is 12.1 Å². The molecule has 1 aliphatic heterocycles. The summed E-state index contributed by atoms with van der Waals surface area (Å²) in [4.78, 5) is 2.22. The lowest BCUT2D eigenvalue weighted by Crippen LogP contribution is -2.43. The maximum absolute atomic E-state index is 9.89. The van der Waals surface area contributed by atoms with Crippen molar-refractivity contribution in [3.05, 3.63) is 30.5 Å². The van der Waals surface area contributed by atoms with Crippen LogP contribution in [0.3, 0.4) is 0 Å². The number of rotatable bonds is 2. The fraction of sp³-hybridized carbons (Fsp3) is 0.308. The number of aromatic nitrogens is 1. The Hall–Kier alpha value is -2.01. The van der Waals surface area contributed by atoms with E-state index in [1.165, 1.54) is 0 Å². The predicted molar refractivity (Wildman–Crippen MR) is 68.7 cm³/mol. The summed E-state index contributed by atoms with van der Waals surface area (Å²) in [6.45, 7) is 3.74. The zero-order valence-electron chi connectivity index (χ0n) is 9.97. The van der Waals surface area contributed by atoms with Gasteiger partial charge < -0.3 is 19.8 Å². The Morgan fingerprint density at radius 1 is 1.22 bits per heavy atom. The number of phenols is 1. The van der Waals surface area contributed by atoms with Crippen molar-refractivity contribution in [3.63, 3.8) is 0 Å². The van der Waals surface area contributed by atoms with E-state index in [4.69, 9.17) is 4.52 Å². The van der Waals surface area contributed by atoms with Gasteiger partial charge in [0.05, 0.1) is 11.8 Å². The first-order chi connectivity index (χ1) is 8.86. The number of phenolic OH excluding ortho intramolecular Hbond substituents is 1. The topological polar surface area (TPSA) is 61.5 Å². The highest BCUT2D eigenvalue weighted by atomic mass is 16.5. The Balaban J connectivity index is 1.98. The number of nitrogens with one attached hydrogen (secondary N) is 1. The lowest BCUT2D eigenvalue weighted by atomic mass is 10.1. The molecule has 2 aromatic rings. The van der Waals surface area contributed by atoms with Crippen molar-refractivity contribution in [1.82, 2.24) is 10.5 Å². The van der Waals surface area contributed by atoms with Crippen LogP contribution in [-0.4, -0.2) is 36.4 Å². The van der Waals surface area contributed by atoms with Gasteiger partial charge in [-0.3, -0.25) is 0 Å². The normalized spacial score (nSPS) is 15.9. The lowest BCUT2D eigenvalue weighted by Gasteiger charge is -2.28. The highest BCUT2D eigenvalue weighted by molar-refractivity contribution is 5.77. The second-order valence-electron chi connectivity index (χ2n) is 4.29. The molecular formula is C13H15N3O2. The van der Waals surface area contributed by atoms with Gasteiger partial charge >= 0.3 is 0 Å². The zero-order valence-corrected chi connectivity index (χ0v) is 9.97. The van der Waals surface area contributed by atoms with Gasteiger partial charge in [-0.05, 0) is 12.1 Å². The second-order valence-corrected chi connectivity index (χ2v) is 4.29. The molecule has 0 saturated carbocycles. The van der Waals surface area contributed by atoms with Crippen LogP contribution in [0.25, 0.3) is 11.3 Å². The number of hydrogen-bond acceptors (Lipinski definition) is 5. The molecule has 2 heterocycles. The predicted octanol–water partition coefficient (Wildman–Crippen LogP) is 1.46. The van der Waals surface area contributed by atoms with E-state index >= 15 is 0 Å². The van der Waals surface area contributed by atoms with Crippen molar-refractivity contribution in [1.29, 1.82) is 0 Å². The van der Waals surface area contributed by atoms with E-state index < -0.39 is 0 Å². The minimum absolute atomic E-state index is 0.214. The molecule has 94 valence electrons. The van der Waals surface area contributed by atoms with Crippen molar-refractivity contribution in [2.45, 2.75) is 0 Å². The highest BCUT2D eigenvalue weighted by Gasteiger charge is 2.20. The van der Waals surface area contributed by atoms with Crippen molar-refractivity contribution < 1.29 is 9.63 Å². The van der Waals surface area contributed by atoms with Crippen LogP contribution in [-0.2, 0) is 0 Å². The van der Waals surface area contributed by atoms with Crippen LogP contribution < -0.4 is 10.2 Å². The monoisotopic (exact) mass is 245 g/mol. The molecule has 0 atom stereocenters. The van der Waals surface area contributed by atoms with E-state index in [9.17, 15) is 5.11 Å². The molecular weight excluding hydrogens is 230 g/mol. The smallest absolute Gasteiger partial charge is 0.193 e. The number of hydrogen-bond donors (Lipinski definition) is 2. The van der Waals surface area contributed by atoms with Crippen LogP contribution in [0.4, 0.5) is 5.69 Å². The molecule has 2 N–H and O–H groups in total.